The van der Waals surface area contributed by atoms with Crippen molar-refractivity contribution in [1.82, 2.24) is 10.3 Å². The lowest BCUT2D eigenvalue weighted by atomic mass is 9.86. The van der Waals surface area contributed by atoms with Crippen LogP contribution < -0.4 is 20.7 Å². The number of anilines is 2. The van der Waals surface area contributed by atoms with Crippen LogP contribution in [0.5, 0.6) is 5.75 Å². The van der Waals surface area contributed by atoms with Gasteiger partial charge in [0.25, 0.3) is 11.8 Å². The number of piperidine rings is 1. The van der Waals surface area contributed by atoms with Gasteiger partial charge in [0.2, 0.25) is 0 Å². The summed E-state index contributed by atoms with van der Waals surface area (Å²) in [6.07, 6.45) is 3.18. The molecule has 0 unspecified atom stereocenters. The van der Waals surface area contributed by atoms with Gasteiger partial charge in [-0.25, -0.2) is 4.98 Å². The van der Waals surface area contributed by atoms with E-state index in [0.29, 0.717) is 32.9 Å². The molecule has 0 saturated carbocycles. The number of benzene rings is 2. The quantitative estimate of drug-likeness (QED) is 0.340. The maximum atomic E-state index is 13.5. The van der Waals surface area contributed by atoms with Crippen molar-refractivity contribution in [3.05, 3.63) is 81.5 Å². The second-order valence-corrected chi connectivity index (χ2v) is 10.9. The summed E-state index contributed by atoms with van der Waals surface area (Å²) in [6.45, 7) is 8.09. The minimum Gasteiger partial charge on any atom is -0.489 e. The highest BCUT2D eigenvalue weighted by Gasteiger charge is 2.24. The molecule has 9 heteroatoms. The van der Waals surface area contributed by atoms with Gasteiger partial charge in [-0.3, -0.25) is 9.59 Å². The van der Waals surface area contributed by atoms with Gasteiger partial charge in [-0.05, 0) is 79.4 Å². The first-order valence-electron chi connectivity index (χ1n) is 12.2. The number of hydrogen-bond acceptors (Lipinski definition) is 5. The van der Waals surface area contributed by atoms with E-state index in [1.54, 1.807) is 30.3 Å². The van der Waals surface area contributed by atoms with E-state index in [4.69, 9.17) is 27.9 Å². The fourth-order valence-corrected chi connectivity index (χ4v) is 4.29. The summed E-state index contributed by atoms with van der Waals surface area (Å²) in [4.78, 5) is 30.6. The first-order valence-corrected chi connectivity index (χ1v) is 12.9. The Kier molecular flexibility index (Phi) is 8.37. The number of halogens is 2. The lowest BCUT2D eigenvalue weighted by Crippen LogP contribution is -2.34. The number of ether oxygens (including phenoxy) is 1. The van der Waals surface area contributed by atoms with Gasteiger partial charge < -0.3 is 20.7 Å². The van der Waals surface area contributed by atoms with Crippen LogP contribution in [0.3, 0.4) is 0 Å². The molecule has 1 fully saturated rings. The normalized spacial score (nSPS) is 14.2. The Morgan fingerprint density at radius 3 is 2.30 bits per heavy atom. The Bertz CT molecular complexity index is 1280. The summed E-state index contributed by atoms with van der Waals surface area (Å²) in [5.74, 6) is -0.00324. The molecular formula is C28H30Cl2N4O3. The number of pyridine rings is 1. The summed E-state index contributed by atoms with van der Waals surface area (Å²) in [5, 5.41) is 9.72. The SMILES string of the molecule is CC(C)(C)c1ccc(C(=O)Nc2ccc(Cl)cc2C(=O)Nc2ccc(Cl)cn2)c(OC2CCNCC2)c1. The highest BCUT2D eigenvalue weighted by molar-refractivity contribution is 6.31. The average Bonchev–Trinajstić information content (AvgIpc) is 2.86. The molecule has 0 radical (unpaired) electrons. The fourth-order valence-electron chi connectivity index (χ4n) is 4.00. The predicted octanol–water partition coefficient (Wildman–Crippen LogP) is 6.32. The van der Waals surface area contributed by atoms with Crippen molar-refractivity contribution in [2.45, 2.75) is 45.1 Å². The van der Waals surface area contributed by atoms with Gasteiger partial charge in [0.1, 0.15) is 17.7 Å². The van der Waals surface area contributed by atoms with Crippen molar-refractivity contribution < 1.29 is 14.3 Å². The monoisotopic (exact) mass is 540 g/mol. The zero-order valence-electron chi connectivity index (χ0n) is 21.0. The van der Waals surface area contributed by atoms with Crippen molar-refractivity contribution >= 4 is 46.5 Å². The van der Waals surface area contributed by atoms with Crippen molar-refractivity contribution in [2.75, 3.05) is 23.7 Å². The molecule has 37 heavy (non-hydrogen) atoms. The Morgan fingerprint density at radius 1 is 0.919 bits per heavy atom. The van der Waals surface area contributed by atoms with E-state index in [0.717, 1.165) is 31.5 Å². The van der Waals surface area contributed by atoms with Gasteiger partial charge in [0.05, 0.1) is 21.8 Å². The van der Waals surface area contributed by atoms with E-state index < -0.39 is 5.91 Å². The number of nitrogens with zero attached hydrogens (tertiary/aromatic N) is 1. The topological polar surface area (TPSA) is 92.4 Å². The van der Waals surface area contributed by atoms with Crippen LogP contribution in [-0.4, -0.2) is 36.0 Å². The highest BCUT2D eigenvalue weighted by Crippen LogP contribution is 2.31. The first kappa shape index (κ1) is 26.9. The van der Waals surface area contributed by atoms with E-state index in [2.05, 4.69) is 41.7 Å². The third-order valence-electron chi connectivity index (χ3n) is 6.12. The van der Waals surface area contributed by atoms with Crippen LogP contribution in [0, 0.1) is 0 Å². The van der Waals surface area contributed by atoms with Crippen molar-refractivity contribution in [3.8, 4) is 5.75 Å². The molecule has 194 valence electrons. The molecular weight excluding hydrogens is 511 g/mol. The number of hydrogen-bond donors (Lipinski definition) is 3. The van der Waals surface area contributed by atoms with Crippen LogP contribution in [0.4, 0.5) is 11.5 Å². The zero-order chi connectivity index (χ0) is 26.6. The molecule has 1 aliphatic rings. The summed E-state index contributed by atoms with van der Waals surface area (Å²) in [7, 11) is 0. The largest absolute Gasteiger partial charge is 0.489 e. The van der Waals surface area contributed by atoms with E-state index in [1.165, 1.54) is 12.3 Å². The summed E-state index contributed by atoms with van der Waals surface area (Å²) < 4.78 is 6.35. The van der Waals surface area contributed by atoms with Crippen LogP contribution in [-0.2, 0) is 5.41 Å². The molecule has 4 rings (SSSR count). The number of rotatable bonds is 6. The van der Waals surface area contributed by atoms with Crippen molar-refractivity contribution in [3.63, 3.8) is 0 Å². The van der Waals surface area contributed by atoms with Gasteiger partial charge in [0.15, 0.2) is 0 Å². The van der Waals surface area contributed by atoms with Crippen LogP contribution in [0.2, 0.25) is 10.0 Å². The molecule has 2 heterocycles. The van der Waals surface area contributed by atoms with E-state index >= 15 is 0 Å². The lowest BCUT2D eigenvalue weighted by Gasteiger charge is -2.27. The van der Waals surface area contributed by atoms with Crippen molar-refractivity contribution in [2.24, 2.45) is 0 Å². The number of nitrogens with one attached hydrogen (secondary N) is 3. The number of carbonyl (C=O) groups excluding carboxylic acids is 2. The molecule has 2 aromatic carbocycles. The molecule has 0 aliphatic carbocycles. The highest BCUT2D eigenvalue weighted by atomic mass is 35.5. The van der Waals surface area contributed by atoms with E-state index in [9.17, 15) is 9.59 Å². The molecule has 3 N–H and O–H groups in total. The van der Waals surface area contributed by atoms with Gasteiger partial charge in [-0.15, -0.1) is 0 Å². The smallest absolute Gasteiger partial charge is 0.259 e. The van der Waals surface area contributed by atoms with Gasteiger partial charge in [-0.1, -0.05) is 50.0 Å². The fraction of sp³-hybridized carbons (Fsp3) is 0.321. The van der Waals surface area contributed by atoms with Gasteiger partial charge in [-0.2, -0.15) is 0 Å². The summed E-state index contributed by atoms with van der Waals surface area (Å²) in [5.41, 5.74) is 1.86. The minimum absolute atomic E-state index is 0.0202. The number of amides is 2. The second-order valence-electron chi connectivity index (χ2n) is 9.99. The standard InChI is InChI=1S/C28H30Cl2N4O3/c1-28(2,3)17-4-7-21(24(14-17)37-20-10-12-31-13-11-20)26(35)33-23-8-5-18(29)15-22(23)27(36)34-25-9-6-19(30)16-32-25/h4-9,14-16,20,31H,10-13H2,1-3H3,(H,33,35)(H,32,34,36). The van der Waals surface area contributed by atoms with Crippen LogP contribution in [0.1, 0.15) is 59.9 Å². The molecule has 1 saturated heterocycles. The van der Waals surface area contributed by atoms with Crippen LogP contribution in [0.15, 0.2) is 54.7 Å². The summed E-state index contributed by atoms with van der Waals surface area (Å²) in [6, 6.07) is 13.6. The Balaban J connectivity index is 1.61. The predicted molar refractivity (Wildman–Crippen MR) is 148 cm³/mol. The Hall–Kier alpha value is -3.13. The zero-order valence-corrected chi connectivity index (χ0v) is 22.5. The Morgan fingerprint density at radius 2 is 1.62 bits per heavy atom. The molecule has 3 aromatic rings. The Labute approximate surface area is 226 Å². The third-order valence-corrected chi connectivity index (χ3v) is 6.57. The van der Waals surface area contributed by atoms with Gasteiger partial charge in [0, 0.05) is 11.2 Å². The van der Waals surface area contributed by atoms with Crippen molar-refractivity contribution in [1.29, 1.82) is 0 Å². The van der Waals surface area contributed by atoms with E-state index in [-0.39, 0.29) is 23.0 Å². The van der Waals surface area contributed by atoms with Gasteiger partial charge >= 0.3 is 0 Å². The molecule has 2 amide bonds. The minimum atomic E-state index is -0.470. The molecule has 7 nitrogen and oxygen atoms in total. The van der Waals surface area contributed by atoms with Crippen LogP contribution >= 0.6 is 23.2 Å². The maximum Gasteiger partial charge on any atom is 0.259 e. The third kappa shape index (κ3) is 7.01. The molecule has 1 aromatic heterocycles. The molecule has 0 spiro atoms. The molecule has 0 bridgehead atoms. The number of carbonyl (C=O) groups is 2. The molecule has 1 aliphatic heterocycles. The second kappa shape index (κ2) is 11.5. The first-order chi connectivity index (χ1) is 17.6. The average molecular weight is 541 g/mol. The molecule has 0 atom stereocenters. The number of aromatic nitrogens is 1. The lowest BCUT2D eigenvalue weighted by molar-refractivity contribution is 0.101. The van der Waals surface area contributed by atoms with Crippen LogP contribution in [0.25, 0.3) is 0 Å². The summed E-state index contributed by atoms with van der Waals surface area (Å²) >= 11 is 12.1. The van der Waals surface area contributed by atoms with E-state index in [1.807, 2.05) is 12.1 Å². The maximum absolute atomic E-state index is 13.5.